The van der Waals surface area contributed by atoms with Crippen molar-refractivity contribution in [2.24, 2.45) is 0 Å². The number of phenolic OH excluding ortho intramolecular Hbond substituents is 1. The number of thioether (sulfide) groups is 1. The molecule has 1 heterocycles. The molecule has 1 aliphatic rings. The summed E-state index contributed by atoms with van der Waals surface area (Å²) in [5, 5.41) is 10.4. The van der Waals surface area contributed by atoms with Crippen LogP contribution in [-0.4, -0.2) is 29.0 Å². The molecule has 7 heteroatoms. The number of hydrogen-bond donors (Lipinski definition) is 1. The molecule has 0 aromatic heterocycles. The Morgan fingerprint density at radius 3 is 2.45 bits per heavy atom. The largest absolute Gasteiger partial charge is 0.505 e. The summed E-state index contributed by atoms with van der Waals surface area (Å²) in [5.74, 6) is -1.46. The van der Waals surface area contributed by atoms with Crippen molar-refractivity contribution in [1.82, 2.24) is 4.90 Å². The second kappa shape index (κ2) is 9.28. The summed E-state index contributed by atoms with van der Waals surface area (Å²) in [4.78, 5) is 14.8. The van der Waals surface area contributed by atoms with Gasteiger partial charge >= 0.3 is 0 Å². The Labute approximate surface area is 188 Å². The molecule has 1 amide bonds. The Kier molecular flexibility index (Phi) is 6.49. The standard InChI is InChI=1S/C24H20ClF2NO2S/c25-19-11-16(24(30)28-8-4-5-9-28)12-22(23(19)29)31-14-17-10-18(21(27)13-20(17)26)15-6-2-1-3-7-15/h1-3,6-7,10-13,29H,4-5,8-9,14H2. The molecule has 1 fully saturated rings. The molecule has 1 N–H and O–H groups in total. The number of carbonyl (C=O) groups is 1. The van der Waals surface area contributed by atoms with E-state index in [-0.39, 0.29) is 28.0 Å². The lowest BCUT2D eigenvalue weighted by Crippen LogP contribution is -2.27. The number of likely N-dealkylation sites (tertiary alicyclic amines) is 1. The summed E-state index contributed by atoms with van der Waals surface area (Å²) in [5.41, 5.74) is 1.63. The van der Waals surface area contributed by atoms with Gasteiger partial charge in [0.1, 0.15) is 17.4 Å². The van der Waals surface area contributed by atoms with Crippen molar-refractivity contribution in [2.45, 2.75) is 23.5 Å². The number of benzene rings is 3. The molecular weight excluding hydrogens is 440 g/mol. The maximum Gasteiger partial charge on any atom is 0.253 e. The van der Waals surface area contributed by atoms with Crippen LogP contribution in [0, 0.1) is 11.6 Å². The monoisotopic (exact) mass is 459 g/mol. The molecule has 0 saturated carbocycles. The molecule has 31 heavy (non-hydrogen) atoms. The Morgan fingerprint density at radius 1 is 1.03 bits per heavy atom. The molecule has 3 aromatic carbocycles. The topological polar surface area (TPSA) is 40.5 Å². The van der Waals surface area contributed by atoms with E-state index in [0.29, 0.717) is 34.7 Å². The number of rotatable bonds is 5. The Morgan fingerprint density at radius 2 is 1.74 bits per heavy atom. The van der Waals surface area contributed by atoms with Crippen molar-refractivity contribution in [3.63, 3.8) is 0 Å². The third kappa shape index (κ3) is 4.70. The quantitative estimate of drug-likeness (QED) is 0.441. The molecule has 3 aromatic rings. The van der Waals surface area contributed by atoms with Gasteiger partial charge in [0.05, 0.1) is 9.92 Å². The van der Waals surface area contributed by atoms with E-state index in [4.69, 9.17) is 11.6 Å². The fourth-order valence-corrected chi connectivity index (χ4v) is 4.87. The summed E-state index contributed by atoms with van der Waals surface area (Å²) < 4.78 is 28.8. The second-order valence-corrected chi connectivity index (χ2v) is 8.81. The first-order valence-electron chi connectivity index (χ1n) is 9.92. The molecular formula is C24H20ClF2NO2S. The highest BCUT2D eigenvalue weighted by Gasteiger charge is 2.22. The van der Waals surface area contributed by atoms with Gasteiger partial charge in [0.25, 0.3) is 5.91 Å². The Bertz CT molecular complexity index is 1120. The first-order chi connectivity index (χ1) is 14.9. The number of nitrogens with zero attached hydrogens (tertiary/aromatic N) is 1. The first kappa shape index (κ1) is 21.7. The first-order valence-corrected chi connectivity index (χ1v) is 11.3. The zero-order valence-corrected chi connectivity index (χ0v) is 18.1. The average Bonchev–Trinajstić information content (AvgIpc) is 3.30. The van der Waals surface area contributed by atoms with Gasteiger partial charge in [-0.2, -0.15) is 0 Å². The van der Waals surface area contributed by atoms with E-state index in [1.54, 1.807) is 35.2 Å². The number of phenols is 1. The minimum atomic E-state index is -0.667. The van der Waals surface area contributed by atoms with Crippen molar-refractivity contribution in [3.8, 4) is 16.9 Å². The Balaban J connectivity index is 1.60. The third-order valence-electron chi connectivity index (χ3n) is 5.27. The third-order valence-corrected chi connectivity index (χ3v) is 6.64. The van der Waals surface area contributed by atoms with E-state index in [1.807, 2.05) is 6.07 Å². The molecule has 1 saturated heterocycles. The SMILES string of the molecule is O=C(c1cc(Cl)c(O)c(SCc2cc(-c3ccccc3)c(F)cc2F)c1)N1CCCC1. The maximum atomic E-state index is 14.4. The van der Waals surface area contributed by atoms with E-state index in [2.05, 4.69) is 0 Å². The molecule has 0 bridgehead atoms. The maximum absolute atomic E-state index is 14.4. The summed E-state index contributed by atoms with van der Waals surface area (Å²) in [6, 6.07) is 14.3. The van der Waals surface area contributed by atoms with Crippen LogP contribution in [0.4, 0.5) is 8.78 Å². The summed E-state index contributed by atoms with van der Waals surface area (Å²) in [6.45, 7) is 1.39. The summed E-state index contributed by atoms with van der Waals surface area (Å²) >= 11 is 7.30. The van der Waals surface area contributed by atoms with E-state index in [1.165, 1.54) is 12.1 Å². The van der Waals surface area contributed by atoms with Crippen LogP contribution in [-0.2, 0) is 5.75 Å². The van der Waals surface area contributed by atoms with Crippen molar-refractivity contribution < 1.29 is 18.7 Å². The second-order valence-electron chi connectivity index (χ2n) is 7.38. The van der Waals surface area contributed by atoms with E-state index in [9.17, 15) is 18.7 Å². The fourth-order valence-electron chi connectivity index (χ4n) is 3.61. The molecule has 4 rings (SSSR count). The molecule has 3 nitrogen and oxygen atoms in total. The number of aromatic hydroxyl groups is 1. The number of hydrogen-bond acceptors (Lipinski definition) is 3. The fraction of sp³-hybridized carbons (Fsp3) is 0.208. The average molecular weight is 460 g/mol. The van der Waals surface area contributed by atoms with Crippen LogP contribution in [0.2, 0.25) is 5.02 Å². The van der Waals surface area contributed by atoms with Gasteiger partial charge in [-0.3, -0.25) is 4.79 Å². The number of amides is 1. The lowest BCUT2D eigenvalue weighted by atomic mass is 10.0. The van der Waals surface area contributed by atoms with Gasteiger partial charge < -0.3 is 10.0 Å². The van der Waals surface area contributed by atoms with Gasteiger partial charge in [-0.05, 0) is 42.2 Å². The summed E-state index contributed by atoms with van der Waals surface area (Å²) in [7, 11) is 0. The number of halogens is 3. The van der Waals surface area contributed by atoms with Crippen molar-refractivity contribution in [3.05, 3.63) is 82.4 Å². The minimum absolute atomic E-state index is 0.0668. The van der Waals surface area contributed by atoms with Crippen LogP contribution in [0.1, 0.15) is 28.8 Å². The lowest BCUT2D eigenvalue weighted by Gasteiger charge is -2.17. The van der Waals surface area contributed by atoms with Crippen LogP contribution in [0.5, 0.6) is 5.75 Å². The zero-order chi connectivity index (χ0) is 22.0. The van der Waals surface area contributed by atoms with Crippen LogP contribution in [0.3, 0.4) is 0 Å². The molecule has 0 spiro atoms. The van der Waals surface area contributed by atoms with Crippen molar-refractivity contribution >= 4 is 29.3 Å². The number of carbonyl (C=O) groups excluding carboxylic acids is 1. The normalized spacial score (nSPS) is 13.6. The predicted molar refractivity (Wildman–Crippen MR) is 120 cm³/mol. The molecule has 0 atom stereocenters. The van der Waals surface area contributed by atoms with Crippen LogP contribution < -0.4 is 0 Å². The van der Waals surface area contributed by atoms with Crippen molar-refractivity contribution in [1.29, 1.82) is 0 Å². The van der Waals surface area contributed by atoms with Crippen LogP contribution in [0.25, 0.3) is 11.1 Å². The minimum Gasteiger partial charge on any atom is -0.505 e. The zero-order valence-electron chi connectivity index (χ0n) is 16.6. The molecule has 160 valence electrons. The van der Waals surface area contributed by atoms with Gasteiger partial charge in [-0.25, -0.2) is 8.78 Å². The van der Waals surface area contributed by atoms with E-state index < -0.39 is 11.6 Å². The van der Waals surface area contributed by atoms with Crippen LogP contribution >= 0.6 is 23.4 Å². The highest BCUT2D eigenvalue weighted by Crippen LogP contribution is 2.39. The lowest BCUT2D eigenvalue weighted by molar-refractivity contribution is 0.0792. The molecule has 0 aliphatic carbocycles. The smallest absolute Gasteiger partial charge is 0.253 e. The van der Waals surface area contributed by atoms with Gasteiger partial charge in [-0.15, -0.1) is 11.8 Å². The Hall–Kier alpha value is -2.57. The molecule has 0 unspecified atom stereocenters. The van der Waals surface area contributed by atoms with E-state index >= 15 is 0 Å². The highest BCUT2D eigenvalue weighted by atomic mass is 35.5. The molecule has 1 aliphatic heterocycles. The van der Waals surface area contributed by atoms with E-state index in [0.717, 1.165) is 30.7 Å². The predicted octanol–water partition coefficient (Wildman–Crippen LogP) is 6.52. The van der Waals surface area contributed by atoms with Crippen LogP contribution in [0.15, 0.2) is 59.5 Å². The van der Waals surface area contributed by atoms with Gasteiger partial charge in [-0.1, -0.05) is 41.9 Å². The summed E-state index contributed by atoms with van der Waals surface area (Å²) in [6.07, 6.45) is 1.93. The highest BCUT2D eigenvalue weighted by molar-refractivity contribution is 7.98. The van der Waals surface area contributed by atoms with Gasteiger partial charge in [0, 0.05) is 36.0 Å². The van der Waals surface area contributed by atoms with Crippen molar-refractivity contribution in [2.75, 3.05) is 13.1 Å². The molecule has 0 radical (unpaired) electrons. The van der Waals surface area contributed by atoms with Gasteiger partial charge in [0.2, 0.25) is 0 Å². The van der Waals surface area contributed by atoms with Gasteiger partial charge in [0.15, 0.2) is 0 Å².